The quantitative estimate of drug-likeness (QED) is 0.351. The van der Waals surface area contributed by atoms with Gasteiger partial charge in [0.05, 0.1) is 0 Å². The van der Waals surface area contributed by atoms with Crippen molar-refractivity contribution in [2.75, 3.05) is 0 Å². The first-order valence-electron chi connectivity index (χ1n) is 13.7. The van der Waals surface area contributed by atoms with Crippen molar-refractivity contribution >= 4 is 0 Å². The summed E-state index contributed by atoms with van der Waals surface area (Å²) in [6.07, 6.45) is 14.4. The molecule has 0 aromatic heterocycles. The van der Waals surface area contributed by atoms with Gasteiger partial charge in [-0.15, -0.1) is 0 Å². The fourth-order valence-electron chi connectivity index (χ4n) is 7.39. The van der Waals surface area contributed by atoms with Crippen LogP contribution in [0.25, 0.3) is 0 Å². The molecule has 1 aromatic rings. The summed E-state index contributed by atoms with van der Waals surface area (Å²) in [5, 5.41) is 0. The van der Waals surface area contributed by atoms with Gasteiger partial charge in [-0.3, -0.25) is 0 Å². The largest absolute Gasteiger partial charge is 0.251 e. The molecule has 3 fully saturated rings. The van der Waals surface area contributed by atoms with E-state index in [1.165, 1.54) is 50.7 Å². The minimum Gasteiger partial charge on any atom is -0.207 e. The molecule has 0 nitrogen and oxygen atoms in total. The molecule has 3 aliphatic carbocycles. The molecule has 0 aliphatic heterocycles. The SMILES string of the molecule is CCCC1CCC(C2CCC(C(F)(F)CC3CCC(c4ccc(F)c(F)c4)CC3)CC2)CC1. The van der Waals surface area contributed by atoms with E-state index in [4.69, 9.17) is 0 Å². The fraction of sp³-hybridized carbons (Fsp3) is 0.793. The minimum absolute atomic E-state index is 0.00889. The molecule has 0 saturated heterocycles. The Balaban J connectivity index is 1.21. The second kappa shape index (κ2) is 11.1. The first-order chi connectivity index (χ1) is 15.9. The molecule has 0 radical (unpaired) electrons. The summed E-state index contributed by atoms with van der Waals surface area (Å²) in [6, 6.07) is 4.11. The predicted octanol–water partition coefficient (Wildman–Crippen LogP) is 9.68. The highest BCUT2D eigenvalue weighted by atomic mass is 19.3. The maximum absolute atomic E-state index is 15.2. The monoisotopic (exact) mass is 466 g/mol. The maximum atomic E-state index is 15.2. The highest BCUT2D eigenvalue weighted by Crippen LogP contribution is 2.48. The van der Waals surface area contributed by atoms with Crippen molar-refractivity contribution in [3.05, 3.63) is 35.4 Å². The zero-order chi connectivity index (χ0) is 23.4. The first-order valence-corrected chi connectivity index (χ1v) is 13.7. The van der Waals surface area contributed by atoms with Crippen LogP contribution in [0.15, 0.2) is 18.2 Å². The number of hydrogen-bond donors (Lipinski definition) is 0. The molecule has 4 heteroatoms. The van der Waals surface area contributed by atoms with Crippen LogP contribution in [-0.4, -0.2) is 5.92 Å². The Bertz CT molecular complexity index is 736. The normalized spacial score (nSPS) is 33.7. The van der Waals surface area contributed by atoms with Gasteiger partial charge < -0.3 is 0 Å². The Hall–Kier alpha value is -1.06. The average Bonchev–Trinajstić information content (AvgIpc) is 2.82. The molecule has 33 heavy (non-hydrogen) atoms. The fourth-order valence-corrected chi connectivity index (χ4v) is 7.39. The first kappa shape index (κ1) is 25.0. The van der Waals surface area contributed by atoms with Crippen molar-refractivity contribution in [3.8, 4) is 0 Å². The lowest BCUT2D eigenvalue weighted by molar-refractivity contribution is -0.0979. The maximum Gasteiger partial charge on any atom is 0.251 e. The molecule has 0 atom stereocenters. The van der Waals surface area contributed by atoms with Crippen molar-refractivity contribution in [1.82, 2.24) is 0 Å². The summed E-state index contributed by atoms with van der Waals surface area (Å²) in [5.74, 6) is -2.09. The number of rotatable bonds is 7. The highest BCUT2D eigenvalue weighted by Gasteiger charge is 2.44. The zero-order valence-corrected chi connectivity index (χ0v) is 20.3. The van der Waals surface area contributed by atoms with E-state index in [1.807, 2.05) is 0 Å². The Morgan fingerprint density at radius 2 is 1.30 bits per heavy atom. The van der Waals surface area contributed by atoms with Crippen LogP contribution in [0, 0.1) is 41.2 Å². The van der Waals surface area contributed by atoms with E-state index in [2.05, 4.69) is 6.92 Å². The third kappa shape index (κ3) is 6.34. The molecule has 4 rings (SSSR count). The van der Waals surface area contributed by atoms with Crippen LogP contribution in [0.3, 0.4) is 0 Å². The van der Waals surface area contributed by atoms with Gasteiger partial charge in [0.2, 0.25) is 0 Å². The molecule has 1 aromatic carbocycles. The van der Waals surface area contributed by atoms with Crippen molar-refractivity contribution in [1.29, 1.82) is 0 Å². The van der Waals surface area contributed by atoms with Crippen molar-refractivity contribution < 1.29 is 17.6 Å². The van der Waals surface area contributed by atoms with Gasteiger partial charge in [-0.05, 0) is 111 Å². The smallest absolute Gasteiger partial charge is 0.207 e. The van der Waals surface area contributed by atoms with E-state index in [-0.39, 0.29) is 18.3 Å². The standard InChI is InChI=1S/C29H42F4/c1-2-3-20-4-8-22(9-5-20)23-12-15-26(16-13-23)29(32,33)19-21-6-10-24(11-7-21)25-14-17-27(30)28(31)18-25/h14,17-18,20-24,26H,2-13,15-16,19H2,1H3. The van der Waals surface area contributed by atoms with E-state index in [1.54, 1.807) is 6.07 Å². The van der Waals surface area contributed by atoms with Crippen molar-refractivity contribution in [2.45, 2.75) is 115 Å². The molecule has 3 saturated carbocycles. The van der Waals surface area contributed by atoms with Crippen LogP contribution >= 0.6 is 0 Å². The van der Waals surface area contributed by atoms with Crippen LogP contribution in [-0.2, 0) is 0 Å². The molecule has 0 heterocycles. The van der Waals surface area contributed by atoms with Gasteiger partial charge in [-0.25, -0.2) is 17.6 Å². The Morgan fingerprint density at radius 1 is 0.727 bits per heavy atom. The van der Waals surface area contributed by atoms with E-state index < -0.39 is 23.5 Å². The minimum atomic E-state index is -2.57. The summed E-state index contributed by atoms with van der Waals surface area (Å²) in [7, 11) is 0. The Morgan fingerprint density at radius 3 is 1.88 bits per heavy atom. The lowest BCUT2D eigenvalue weighted by atomic mass is 9.67. The lowest BCUT2D eigenvalue weighted by Gasteiger charge is -2.40. The number of hydrogen-bond acceptors (Lipinski definition) is 0. The second-order valence-electron chi connectivity index (χ2n) is 11.5. The Labute approximate surface area is 197 Å². The van der Waals surface area contributed by atoms with Crippen LogP contribution in [0.4, 0.5) is 17.6 Å². The number of alkyl halides is 2. The van der Waals surface area contributed by atoms with Crippen LogP contribution in [0.5, 0.6) is 0 Å². The summed E-state index contributed by atoms with van der Waals surface area (Å²) in [5.41, 5.74) is 0.807. The van der Waals surface area contributed by atoms with Gasteiger partial charge in [-0.1, -0.05) is 38.7 Å². The molecule has 186 valence electrons. The van der Waals surface area contributed by atoms with Gasteiger partial charge >= 0.3 is 0 Å². The molecular formula is C29H42F4. The Kier molecular flexibility index (Phi) is 8.44. The van der Waals surface area contributed by atoms with Crippen LogP contribution in [0.1, 0.15) is 115 Å². The third-order valence-electron chi connectivity index (χ3n) is 9.45. The highest BCUT2D eigenvalue weighted by molar-refractivity contribution is 5.22. The second-order valence-corrected chi connectivity index (χ2v) is 11.5. The van der Waals surface area contributed by atoms with Gasteiger partial charge in [0.1, 0.15) is 0 Å². The van der Waals surface area contributed by atoms with Crippen LogP contribution in [0.2, 0.25) is 0 Å². The summed E-state index contributed by atoms with van der Waals surface area (Å²) >= 11 is 0. The van der Waals surface area contributed by atoms with Crippen molar-refractivity contribution in [3.63, 3.8) is 0 Å². The average molecular weight is 467 g/mol. The number of benzene rings is 1. The zero-order valence-electron chi connectivity index (χ0n) is 20.3. The summed E-state index contributed by atoms with van der Waals surface area (Å²) < 4.78 is 57.2. The third-order valence-corrected chi connectivity index (χ3v) is 9.45. The molecule has 3 aliphatic rings. The summed E-state index contributed by atoms with van der Waals surface area (Å²) in [6.45, 7) is 2.27. The predicted molar refractivity (Wildman–Crippen MR) is 126 cm³/mol. The molecule has 0 unspecified atom stereocenters. The van der Waals surface area contributed by atoms with Gasteiger partial charge in [0.25, 0.3) is 5.92 Å². The molecular weight excluding hydrogens is 424 g/mol. The van der Waals surface area contributed by atoms with E-state index >= 15 is 8.78 Å². The topological polar surface area (TPSA) is 0 Å². The van der Waals surface area contributed by atoms with Gasteiger partial charge in [0.15, 0.2) is 11.6 Å². The van der Waals surface area contributed by atoms with Gasteiger partial charge in [-0.2, -0.15) is 0 Å². The van der Waals surface area contributed by atoms with E-state index in [0.29, 0.717) is 18.8 Å². The molecule has 0 N–H and O–H groups in total. The summed E-state index contributed by atoms with van der Waals surface area (Å²) in [4.78, 5) is 0. The van der Waals surface area contributed by atoms with Crippen LogP contribution < -0.4 is 0 Å². The van der Waals surface area contributed by atoms with Crippen molar-refractivity contribution in [2.24, 2.45) is 29.6 Å². The van der Waals surface area contributed by atoms with E-state index in [9.17, 15) is 8.78 Å². The number of halogens is 4. The molecule has 0 bridgehead atoms. The lowest BCUT2D eigenvalue weighted by Crippen LogP contribution is -2.36. The van der Waals surface area contributed by atoms with E-state index in [0.717, 1.165) is 55.9 Å². The molecule has 0 amide bonds. The van der Waals surface area contributed by atoms with Gasteiger partial charge in [0, 0.05) is 12.3 Å². The molecule has 0 spiro atoms.